The van der Waals surface area contributed by atoms with Crippen molar-refractivity contribution in [1.29, 1.82) is 0 Å². The number of aryl methyl sites for hydroxylation is 1. The topological polar surface area (TPSA) is 78.5 Å². The number of benzene rings is 2. The van der Waals surface area contributed by atoms with Gasteiger partial charge in [-0.15, -0.1) is 0 Å². The number of carbonyl (C=O) groups is 1. The van der Waals surface area contributed by atoms with Crippen LogP contribution in [0.1, 0.15) is 27.3 Å². The van der Waals surface area contributed by atoms with Gasteiger partial charge < -0.3 is 19.7 Å². The minimum absolute atomic E-state index is 0.229. The number of nitrogens with zero attached hydrogens (tertiary/aromatic N) is 2. The zero-order valence-corrected chi connectivity index (χ0v) is 13.7. The molecule has 2 heterocycles. The van der Waals surface area contributed by atoms with Crippen LogP contribution in [0, 0.1) is 6.92 Å². The van der Waals surface area contributed by atoms with E-state index in [4.69, 9.17) is 4.74 Å². The third kappa shape index (κ3) is 2.94. The van der Waals surface area contributed by atoms with Gasteiger partial charge in [0.1, 0.15) is 5.75 Å². The van der Waals surface area contributed by atoms with Crippen LogP contribution in [0.2, 0.25) is 0 Å². The van der Waals surface area contributed by atoms with E-state index in [9.17, 15) is 9.90 Å². The lowest BCUT2D eigenvalue weighted by Gasteiger charge is -2.17. The first-order valence-corrected chi connectivity index (χ1v) is 8.00. The Morgan fingerprint density at radius 2 is 2.00 bits per heavy atom. The molecule has 126 valence electrons. The van der Waals surface area contributed by atoms with Crippen LogP contribution in [0.4, 0.5) is 5.69 Å². The fourth-order valence-electron chi connectivity index (χ4n) is 2.98. The zero-order chi connectivity index (χ0) is 17.4. The lowest BCUT2D eigenvalue weighted by molar-refractivity contribution is 0.0695. The monoisotopic (exact) mass is 335 g/mol. The molecule has 0 aliphatic carbocycles. The molecule has 4 rings (SSSR count). The molecule has 0 fully saturated rings. The van der Waals surface area contributed by atoms with Crippen LogP contribution in [-0.2, 0) is 13.1 Å². The quantitative estimate of drug-likeness (QED) is 0.759. The molecule has 0 saturated carbocycles. The normalized spacial score (nSPS) is 12.9. The van der Waals surface area contributed by atoms with Gasteiger partial charge in [-0.3, -0.25) is 0 Å². The van der Waals surface area contributed by atoms with E-state index in [1.165, 1.54) is 6.07 Å². The maximum Gasteiger partial charge on any atom is 0.336 e. The number of hydrogen-bond acceptors (Lipinski definition) is 4. The molecular weight excluding hydrogens is 318 g/mol. The number of para-hydroxylation sites is 1. The number of aromatic carboxylic acids is 1. The number of nitrogens with one attached hydrogen (secondary N) is 1. The van der Waals surface area contributed by atoms with Crippen LogP contribution in [-0.4, -0.2) is 21.0 Å². The van der Waals surface area contributed by atoms with Crippen LogP contribution >= 0.6 is 0 Å². The van der Waals surface area contributed by atoms with Gasteiger partial charge in [0.15, 0.2) is 0 Å². The Morgan fingerprint density at radius 1 is 1.20 bits per heavy atom. The number of fused-ring (bicyclic) bond motifs is 1. The highest BCUT2D eigenvalue weighted by Gasteiger charge is 2.24. The molecule has 0 radical (unpaired) electrons. The number of ether oxygens (including phenoxy) is 1. The summed E-state index contributed by atoms with van der Waals surface area (Å²) >= 11 is 0. The Hall–Kier alpha value is -3.28. The van der Waals surface area contributed by atoms with E-state index < -0.39 is 5.97 Å². The molecule has 1 aliphatic heterocycles. The fraction of sp³-hybridized carbons (Fsp3) is 0.158. The van der Waals surface area contributed by atoms with Gasteiger partial charge in [0.25, 0.3) is 6.01 Å². The molecule has 0 spiro atoms. The largest absolute Gasteiger partial charge is 0.478 e. The lowest BCUT2D eigenvalue weighted by atomic mass is 10.1. The van der Waals surface area contributed by atoms with Crippen molar-refractivity contribution >= 4 is 11.7 Å². The van der Waals surface area contributed by atoms with Crippen LogP contribution in [0.3, 0.4) is 0 Å². The molecule has 2 N–H and O–H groups in total. The summed E-state index contributed by atoms with van der Waals surface area (Å²) in [4.78, 5) is 21.1. The Morgan fingerprint density at radius 3 is 2.72 bits per heavy atom. The minimum atomic E-state index is -0.969. The van der Waals surface area contributed by atoms with E-state index in [0.29, 0.717) is 23.9 Å². The number of H-pyrrole nitrogens is 1. The van der Waals surface area contributed by atoms with Crippen molar-refractivity contribution in [1.82, 2.24) is 9.97 Å². The van der Waals surface area contributed by atoms with Gasteiger partial charge in [-0.05, 0) is 36.8 Å². The van der Waals surface area contributed by atoms with Crippen molar-refractivity contribution in [2.75, 3.05) is 4.90 Å². The van der Waals surface area contributed by atoms with Crippen LogP contribution in [0.25, 0.3) is 0 Å². The Labute approximate surface area is 144 Å². The van der Waals surface area contributed by atoms with E-state index in [1.807, 2.05) is 18.2 Å². The first kappa shape index (κ1) is 15.3. The summed E-state index contributed by atoms with van der Waals surface area (Å²) in [7, 11) is 0. The predicted octanol–water partition coefficient (Wildman–Crippen LogP) is 3.73. The minimum Gasteiger partial charge on any atom is -0.478 e. The Balaban J connectivity index is 1.51. The van der Waals surface area contributed by atoms with Crippen LogP contribution < -0.4 is 9.64 Å². The molecular formula is C19H17N3O3. The highest BCUT2D eigenvalue weighted by molar-refractivity contribution is 5.89. The molecule has 0 amide bonds. The maximum absolute atomic E-state index is 11.2. The highest BCUT2D eigenvalue weighted by Crippen LogP contribution is 2.30. The van der Waals surface area contributed by atoms with E-state index in [-0.39, 0.29) is 5.56 Å². The van der Waals surface area contributed by atoms with Crippen LogP contribution in [0.15, 0.2) is 48.5 Å². The Kier molecular flexibility index (Phi) is 3.65. The van der Waals surface area contributed by atoms with Gasteiger partial charge in [0.2, 0.25) is 0 Å². The second-order valence-electron chi connectivity index (χ2n) is 6.04. The summed E-state index contributed by atoms with van der Waals surface area (Å²) in [6, 6.07) is 15.5. The molecule has 1 aliphatic rings. The molecule has 3 aromatic rings. The van der Waals surface area contributed by atoms with E-state index >= 15 is 0 Å². The highest BCUT2D eigenvalue weighted by atomic mass is 16.5. The van der Waals surface area contributed by atoms with Crippen molar-refractivity contribution in [3.8, 4) is 11.8 Å². The van der Waals surface area contributed by atoms with Gasteiger partial charge in [0.05, 0.1) is 30.0 Å². The second kappa shape index (κ2) is 5.98. The van der Waals surface area contributed by atoms with E-state index in [0.717, 1.165) is 23.6 Å². The van der Waals surface area contributed by atoms with Gasteiger partial charge in [-0.2, -0.15) is 4.98 Å². The molecule has 0 unspecified atom stereocenters. The fourth-order valence-corrected chi connectivity index (χ4v) is 2.98. The molecule has 2 aromatic carbocycles. The summed E-state index contributed by atoms with van der Waals surface area (Å²) < 4.78 is 5.71. The molecule has 0 saturated heterocycles. The number of aromatic amines is 1. The third-order valence-corrected chi connectivity index (χ3v) is 4.31. The van der Waals surface area contributed by atoms with Crippen molar-refractivity contribution in [2.24, 2.45) is 0 Å². The van der Waals surface area contributed by atoms with Crippen molar-refractivity contribution in [2.45, 2.75) is 20.0 Å². The molecule has 0 bridgehead atoms. The maximum atomic E-state index is 11.2. The number of carboxylic acids is 1. The lowest BCUT2D eigenvalue weighted by Crippen LogP contribution is -2.15. The van der Waals surface area contributed by atoms with E-state index in [2.05, 4.69) is 27.0 Å². The molecule has 6 heteroatoms. The average molecular weight is 335 g/mol. The van der Waals surface area contributed by atoms with Gasteiger partial charge >= 0.3 is 5.97 Å². The number of aromatic nitrogens is 2. The van der Waals surface area contributed by atoms with Crippen molar-refractivity contribution < 1.29 is 14.6 Å². The predicted molar refractivity (Wildman–Crippen MR) is 93.1 cm³/mol. The standard InChI is InChI=1S/C19H17N3O3/c1-12-7-8-14(9-15(12)18(23)24)25-19-20-16-10-22(11-17(16)21-19)13-5-3-2-4-6-13/h2-9H,10-11H2,1H3,(H,20,21)(H,23,24). The zero-order valence-electron chi connectivity index (χ0n) is 13.7. The third-order valence-electron chi connectivity index (χ3n) is 4.31. The van der Waals surface area contributed by atoms with Gasteiger partial charge in [0, 0.05) is 5.69 Å². The average Bonchev–Trinajstić information content (AvgIpc) is 3.15. The van der Waals surface area contributed by atoms with E-state index in [1.54, 1.807) is 19.1 Å². The number of carboxylic acid groups (broad SMARTS) is 1. The van der Waals surface area contributed by atoms with Crippen LogP contribution in [0.5, 0.6) is 11.8 Å². The molecule has 0 atom stereocenters. The summed E-state index contributed by atoms with van der Waals surface area (Å²) in [6.45, 7) is 3.21. The smallest absolute Gasteiger partial charge is 0.336 e. The number of hydrogen-bond donors (Lipinski definition) is 2. The first-order chi connectivity index (χ1) is 12.1. The van der Waals surface area contributed by atoms with Crippen molar-refractivity contribution in [3.63, 3.8) is 0 Å². The Bertz CT molecular complexity index is 911. The summed E-state index contributed by atoms with van der Waals surface area (Å²) in [5, 5.41) is 9.20. The van der Waals surface area contributed by atoms with Gasteiger partial charge in [-0.1, -0.05) is 24.3 Å². The molecule has 25 heavy (non-hydrogen) atoms. The number of imidazole rings is 1. The molecule has 6 nitrogen and oxygen atoms in total. The summed E-state index contributed by atoms with van der Waals surface area (Å²) in [5.74, 6) is -0.515. The van der Waals surface area contributed by atoms with Crippen molar-refractivity contribution in [3.05, 3.63) is 71.0 Å². The SMILES string of the molecule is Cc1ccc(Oc2nc3c([nH]2)CN(c2ccccc2)C3)cc1C(=O)O. The van der Waals surface area contributed by atoms with Gasteiger partial charge in [-0.25, -0.2) is 4.79 Å². The molecule has 1 aromatic heterocycles. The summed E-state index contributed by atoms with van der Waals surface area (Å²) in [6.07, 6.45) is 0. The summed E-state index contributed by atoms with van der Waals surface area (Å²) in [5.41, 5.74) is 4.04. The number of anilines is 1. The number of rotatable bonds is 4. The second-order valence-corrected chi connectivity index (χ2v) is 6.04. The first-order valence-electron chi connectivity index (χ1n) is 8.00.